The molecule has 0 spiro atoms. The van der Waals surface area contributed by atoms with Gasteiger partial charge >= 0.3 is 18.3 Å². The molecular formula is C47H52F2N8O9S. The first-order chi connectivity index (χ1) is 32.0. The molecule has 17 nitrogen and oxygen atoms in total. The van der Waals surface area contributed by atoms with E-state index in [0.29, 0.717) is 17.8 Å². The van der Waals surface area contributed by atoms with Crippen molar-refractivity contribution in [2.24, 2.45) is 0 Å². The normalized spacial score (nSPS) is 15.6. The van der Waals surface area contributed by atoms with Gasteiger partial charge in [0.2, 0.25) is 0 Å². The van der Waals surface area contributed by atoms with Crippen molar-refractivity contribution in [2.45, 2.75) is 71.4 Å². The smallest absolute Gasteiger partial charge is 0.461 e. The molecule has 3 fully saturated rings. The number of hydrogen-bond acceptors (Lipinski definition) is 15. The van der Waals surface area contributed by atoms with Gasteiger partial charge in [0.25, 0.3) is 11.6 Å². The van der Waals surface area contributed by atoms with E-state index < -0.39 is 46.9 Å². The Morgan fingerprint density at radius 2 is 1.64 bits per heavy atom. The molecule has 0 radical (unpaired) electrons. The van der Waals surface area contributed by atoms with Gasteiger partial charge in [-0.3, -0.25) is 25.1 Å². The number of nitrogens with zero attached hydrogens (tertiary/aromatic N) is 6. The van der Waals surface area contributed by atoms with Gasteiger partial charge in [0.05, 0.1) is 15.2 Å². The zero-order chi connectivity index (χ0) is 48.2. The third-order valence-corrected chi connectivity index (χ3v) is 12.8. The fraction of sp³-hybridized carbons (Fsp3) is 0.404. The predicted molar refractivity (Wildman–Crippen MR) is 251 cm³/mol. The minimum Gasteiger partial charge on any atom is -0.461 e. The molecule has 3 aliphatic rings. The minimum absolute atomic E-state index is 0.0106. The number of aromatic nitrogens is 2. The van der Waals surface area contributed by atoms with Crippen LogP contribution in [0, 0.1) is 27.2 Å². The Morgan fingerprint density at radius 3 is 2.28 bits per heavy atom. The Morgan fingerprint density at radius 1 is 0.970 bits per heavy atom. The fourth-order valence-corrected chi connectivity index (χ4v) is 9.76. The second-order valence-corrected chi connectivity index (χ2v) is 18.1. The highest BCUT2D eigenvalue weighted by molar-refractivity contribution is 7.23. The summed E-state index contributed by atoms with van der Waals surface area (Å²) < 4.78 is 54.8. The van der Waals surface area contributed by atoms with E-state index in [9.17, 15) is 24.5 Å². The summed E-state index contributed by atoms with van der Waals surface area (Å²) >= 11 is 0.911. The second kappa shape index (κ2) is 20.0. The van der Waals surface area contributed by atoms with E-state index in [-0.39, 0.29) is 92.0 Å². The van der Waals surface area contributed by atoms with Crippen LogP contribution in [0.3, 0.4) is 0 Å². The number of thiophene rings is 1. The summed E-state index contributed by atoms with van der Waals surface area (Å²) in [5.74, 6) is -1.39. The van der Waals surface area contributed by atoms with Crippen LogP contribution in [0.15, 0.2) is 60.7 Å². The summed E-state index contributed by atoms with van der Waals surface area (Å²) in [6.07, 6.45) is 3.08. The molecule has 3 saturated heterocycles. The maximum atomic E-state index is 17.3. The maximum absolute atomic E-state index is 17.3. The number of non-ortho nitro benzene ring substituents is 1. The number of ether oxygens (including phenoxy) is 4. The van der Waals surface area contributed by atoms with Crippen molar-refractivity contribution in [3.8, 4) is 22.9 Å². The van der Waals surface area contributed by atoms with Crippen LogP contribution in [-0.4, -0.2) is 113 Å². The summed E-state index contributed by atoms with van der Waals surface area (Å²) in [6.45, 7) is 15.7. The number of nitro benzene ring substituents is 1. The van der Waals surface area contributed by atoms with E-state index in [0.717, 1.165) is 56.3 Å². The molecule has 5 aromatic rings. The number of rotatable bonds is 12. The highest BCUT2D eigenvalue weighted by Gasteiger charge is 2.45. The molecule has 0 saturated carbocycles. The second-order valence-electron chi connectivity index (χ2n) is 17.0. The van der Waals surface area contributed by atoms with Crippen molar-refractivity contribution in [1.29, 1.82) is 5.41 Å². The molecule has 354 valence electrons. The van der Waals surface area contributed by atoms with E-state index >= 15 is 8.78 Å². The molecule has 20 heteroatoms. The number of halogens is 2. The van der Waals surface area contributed by atoms with Crippen LogP contribution in [-0.2, 0) is 14.3 Å². The Hall–Kier alpha value is -6.80. The Balaban J connectivity index is 0.00000329. The molecule has 3 aliphatic heterocycles. The van der Waals surface area contributed by atoms with Crippen LogP contribution in [0.4, 0.5) is 34.9 Å². The molecule has 0 bridgehead atoms. The molecule has 2 N–H and O–H groups in total. The highest BCUT2D eigenvalue weighted by atomic mass is 32.1. The summed E-state index contributed by atoms with van der Waals surface area (Å²) in [4.78, 5) is 64.2. The van der Waals surface area contributed by atoms with Crippen LogP contribution in [0.5, 0.6) is 11.8 Å². The number of benzene rings is 3. The molecule has 3 aromatic carbocycles. The van der Waals surface area contributed by atoms with Crippen LogP contribution in [0.1, 0.15) is 65.9 Å². The topological polar surface area (TPSA) is 203 Å². The van der Waals surface area contributed by atoms with Crippen LogP contribution >= 0.6 is 11.3 Å². The number of anilines is 2. The van der Waals surface area contributed by atoms with Gasteiger partial charge in [-0.05, 0) is 89.4 Å². The summed E-state index contributed by atoms with van der Waals surface area (Å²) in [5, 5.41) is 22.6. The Bertz CT molecular complexity index is 2730. The molecular weight excluding hydrogens is 891 g/mol. The predicted octanol–water partition coefficient (Wildman–Crippen LogP) is 9.50. The van der Waals surface area contributed by atoms with Gasteiger partial charge in [0.1, 0.15) is 46.7 Å². The third kappa shape index (κ3) is 10.3. The van der Waals surface area contributed by atoms with Gasteiger partial charge in [0, 0.05) is 72.0 Å². The van der Waals surface area contributed by atoms with Gasteiger partial charge in [-0.2, -0.15) is 9.97 Å². The number of amides is 2. The molecule has 0 aliphatic carbocycles. The number of hydrogen-bond donors (Lipinski definition) is 2. The third-order valence-electron chi connectivity index (χ3n) is 11.7. The largest absolute Gasteiger partial charge is 0.514 e. The number of carbonyl (C=O) groups is 3. The van der Waals surface area contributed by atoms with Gasteiger partial charge in [-0.1, -0.05) is 32.6 Å². The highest BCUT2D eigenvalue weighted by Crippen LogP contribution is 2.44. The van der Waals surface area contributed by atoms with Crippen LogP contribution in [0.25, 0.3) is 32.1 Å². The number of nitrogens with one attached hydrogen (secondary N) is 2. The van der Waals surface area contributed by atoms with Crippen molar-refractivity contribution in [1.82, 2.24) is 19.8 Å². The number of piperazine rings is 1. The fourth-order valence-electron chi connectivity index (χ4n) is 8.66. The van der Waals surface area contributed by atoms with Crippen molar-refractivity contribution in [3.63, 3.8) is 0 Å². The van der Waals surface area contributed by atoms with Crippen LogP contribution < -0.4 is 19.7 Å². The SMILES string of the molecule is C=C(COC(=O)Oc1ccc([N+](=O)[O-])cc1)C(=O)N1CCN(c2nc(OCC34CCCN3CCC4)nc3c(F)c(-c4ccc(F)c5sc(NC(=O)OC(C)(C)C)c(C=N)c45)ccc23)CC1.CC. The van der Waals surface area contributed by atoms with Gasteiger partial charge < -0.3 is 34.2 Å². The maximum Gasteiger partial charge on any atom is 0.514 e. The first-order valence-corrected chi connectivity index (χ1v) is 22.8. The summed E-state index contributed by atoms with van der Waals surface area (Å²) in [5.41, 5.74) is -0.684. The van der Waals surface area contributed by atoms with Crippen molar-refractivity contribution < 1.29 is 47.0 Å². The van der Waals surface area contributed by atoms with E-state index in [4.69, 9.17) is 29.3 Å². The number of nitro groups is 1. The van der Waals surface area contributed by atoms with E-state index in [1.807, 2.05) is 18.7 Å². The van der Waals surface area contributed by atoms with Crippen molar-refractivity contribution >= 4 is 73.2 Å². The summed E-state index contributed by atoms with van der Waals surface area (Å²) in [6, 6.07) is 10.7. The zero-order valence-electron chi connectivity index (χ0n) is 37.9. The molecule has 8 rings (SSSR count). The molecule has 5 heterocycles. The lowest BCUT2D eigenvalue weighted by molar-refractivity contribution is -0.384. The number of carbonyl (C=O) groups excluding carboxylic acids is 3. The molecule has 2 amide bonds. The van der Waals surface area contributed by atoms with E-state index in [1.54, 1.807) is 37.8 Å². The lowest BCUT2D eigenvalue weighted by atomic mass is 9.95. The van der Waals surface area contributed by atoms with Crippen LogP contribution in [0.2, 0.25) is 0 Å². The van der Waals surface area contributed by atoms with E-state index in [2.05, 4.69) is 21.8 Å². The van der Waals surface area contributed by atoms with Gasteiger partial charge in [-0.15, -0.1) is 11.3 Å². The zero-order valence-corrected chi connectivity index (χ0v) is 38.7. The lowest BCUT2D eigenvalue weighted by Gasteiger charge is -2.36. The lowest BCUT2D eigenvalue weighted by Crippen LogP contribution is -2.49. The van der Waals surface area contributed by atoms with Gasteiger partial charge in [-0.25, -0.2) is 18.4 Å². The Kier molecular flexibility index (Phi) is 14.4. The average Bonchev–Trinajstić information content (AvgIpc) is 4.01. The number of fused-ring (bicyclic) bond motifs is 3. The monoisotopic (exact) mass is 942 g/mol. The molecule has 2 aromatic heterocycles. The van der Waals surface area contributed by atoms with Crippen molar-refractivity contribution in [2.75, 3.05) is 62.7 Å². The molecule has 67 heavy (non-hydrogen) atoms. The van der Waals surface area contributed by atoms with E-state index in [1.165, 1.54) is 36.4 Å². The summed E-state index contributed by atoms with van der Waals surface area (Å²) in [7, 11) is 0. The first kappa shape index (κ1) is 48.1. The molecule has 0 atom stereocenters. The molecule has 0 unspecified atom stereocenters. The standard InChI is InChI=1S/C45H46F2N8O9S.C2H6/c1-26(24-61-43(58)63-28-9-7-27(8-10-28)55(59)60)40(56)53-21-19-52(20-22-53)38-31-12-11-30(35(47)36(31)49-41(50-38)62-25-45-15-5-17-54(45)18-6-16-45)29-13-14-33(46)37-34(29)32(23-48)39(65-37)51-42(57)64-44(2,3)4;1-2/h7-14,23,48H,1,5-6,15-22,24-25H2,2-4H3,(H,51,57);1-2H3. The van der Waals surface area contributed by atoms with Crippen molar-refractivity contribution in [3.05, 3.63) is 88.0 Å². The first-order valence-electron chi connectivity index (χ1n) is 22.0. The quantitative estimate of drug-likeness (QED) is 0.0299. The minimum atomic E-state index is -1.12. The Labute approximate surface area is 389 Å². The average molecular weight is 943 g/mol. The van der Waals surface area contributed by atoms with Gasteiger partial charge in [0.15, 0.2) is 5.82 Å².